The molecule has 0 saturated heterocycles. The zero-order valence-corrected chi connectivity index (χ0v) is 13.1. The van der Waals surface area contributed by atoms with Crippen molar-refractivity contribution in [1.82, 2.24) is 9.78 Å². The number of nitrogens with two attached hydrogens (primary N) is 1. The smallest absolute Gasteiger partial charge is 0.423 e. The summed E-state index contributed by atoms with van der Waals surface area (Å²) < 4.78 is 7.30. The number of benzene rings is 1. The lowest BCUT2D eigenvalue weighted by molar-refractivity contribution is -0.0982. The van der Waals surface area contributed by atoms with Gasteiger partial charge in [0, 0.05) is 12.4 Å². The molecule has 0 fully saturated rings. The average Bonchev–Trinajstić information content (AvgIpc) is 2.62. The Bertz CT molecular complexity index is 661. The van der Waals surface area contributed by atoms with Gasteiger partial charge in [0.15, 0.2) is 5.82 Å². The van der Waals surface area contributed by atoms with Gasteiger partial charge in [0.05, 0.1) is 16.7 Å². The van der Waals surface area contributed by atoms with Crippen molar-refractivity contribution in [2.45, 2.75) is 38.9 Å². The molecule has 0 atom stereocenters. The van der Waals surface area contributed by atoms with Gasteiger partial charge >= 0.3 is 7.12 Å². The first-order chi connectivity index (χ1) is 9.53. The summed E-state index contributed by atoms with van der Waals surface area (Å²) in [6.07, 6.45) is 0. The van der Waals surface area contributed by atoms with E-state index < -0.39 is 18.3 Å². The SMILES string of the molecule is Cn1nc(N)c2cc(B(O)OC(C)(C)C(C)(C)O)ccc21. The molecule has 0 bridgehead atoms. The van der Waals surface area contributed by atoms with Crippen LogP contribution in [0.5, 0.6) is 0 Å². The van der Waals surface area contributed by atoms with Crippen LogP contribution in [0.3, 0.4) is 0 Å². The van der Waals surface area contributed by atoms with Gasteiger partial charge in [0.25, 0.3) is 0 Å². The molecule has 1 heterocycles. The maximum atomic E-state index is 10.3. The summed E-state index contributed by atoms with van der Waals surface area (Å²) in [7, 11) is 0.651. The molecule has 4 N–H and O–H groups in total. The lowest BCUT2D eigenvalue weighted by atomic mass is 9.76. The number of aliphatic hydroxyl groups is 1. The van der Waals surface area contributed by atoms with Crippen LogP contribution in [-0.4, -0.2) is 38.2 Å². The van der Waals surface area contributed by atoms with E-state index in [0.29, 0.717) is 11.3 Å². The molecule has 0 radical (unpaired) electrons. The zero-order chi connectivity index (χ0) is 16.0. The van der Waals surface area contributed by atoms with Crippen LogP contribution in [0.2, 0.25) is 0 Å². The normalized spacial score (nSPS) is 12.9. The van der Waals surface area contributed by atoms with Gasteiger partial charge in [0.1, 0.15) is 0 Å². The maximum Gasteiger partial charge on any atom is 0.491 e. The minimum atomic E-state index is -1.16. The highest BCUT2D eigenvalue weighted by Gasteiger charge is 2.39. The molecule has 0 aliphatic rings. The molecule has 1 aromatic carbocycles. The monoisotopic (exact) mass is 291 g/mol. The third-order valence-corrected chi connectivity index (χ3v) is 4.07. The topological polar surface area (TPSA) is 93.5 Å². The number of aromatic nitrogens is 2. The van der Waals surface area contributed by atoms with Gasteiger partial charge in [0.2, 0.25) is 0 Å². The van der Waals surface area contributed by atoms with Crippen molar-refractivity contribution in [3.8, 4) is 0 Å². The fourth-order valence-corrected chi connectivity index (χ4v) is 1.96. The summed E-state index contributed by atoms with van der Waals surface area (Å²) in [5.41, 5.74) is 5.29. The Balaban J connectivity index is 2.32. The molecule has 7 heteroatoms. The fraction of sp³-hybridized carbons (Fsp3) is 0.500. The number of anilines is 1. The molecule has 1 aromatic heterocycles. The number of hydrogen-bond acceptors (Lipinski definition) is 5. The quantitative estimate of drug-likeness (QED) is 0.709. The van der Waals surface area contributed by atoms with Gasteiger partial charge in [-0.2, -0.15) is 5.10 Å². The Morgan fingerprint density at radius 1 is 1.29 bits per heavy atom. The Kier molecular flexibility index (Phi) is 3.78. The van der Waals surface area contributed by atoms with E-state index in [0.717, 1.165) is 10.9 Å². The third-order valence-electron chi connectivity index (χ3n) is 4.07. The number of nitrogens with zero attached hydrogens (tertiary/aromatic N) is 2. The van der Waals surface area contributed by atoms with Crippen molar-refractivity contribution in [3.05, 3.63) is 18.2 Å². The van der Waals surface area contributed by atoms with Crippen LogP contribution in [-0.2, 0) is 11.7 Å². The van der Waals surface area contributed by atoms with Gasteiger partial charge in [-0.1, -0.05) is 6.07 Å². The molecule has 6 nitrogen and oxygen atoms in total. The molecule has 0 aliphatic heterocycles. The lowest BCUT2D eigenvalue weighted by Gasteiger charge is -2.38. The Hall–Kier alpha value is -1.57. The van der Waals surface area contributed by atoms with E-state index >= 15 is 0 Å². The molecule has 21 heavy (non-hydrogen) atoms. The molecular formula is C14H22BN3O3. The molecule has 2 aromatic rings. The van der Waals surface area contributed by atoms with Crippen LogP contribution < -0.4 is 11.2 Å². The summed E-state index contributed by atoms with van der Waals surface area (Å²) in [5, 5.41) is 25.3. The molecule has 0 saturated carbocycles. The second-order valence-corrected chi connectivity index (χ2v) is 6.32. The predicted octanol–water partition coefficient (Wildman–Crippen LogP) is 0.409. The maximum absolute atomic E-state index is 10.3. The van der Waals surface area contributed by atoms with E-state index in [4.69, 9.17) is 10.4 Å². The largest absolute Gasteiger partial charge is 0.491 e. The van der Waals surface area contributed by atoms with E-state index in [1.165, 1.54) is 0 Å². The highest BCUT2D eigenvalue weighted by molar-refractivity contribution is 6.60. The van der Waals surface area contributed by atoms with E-state index in [-0.39, 0.29) is 0 Å². The Labute approximate surface area is 124 Å². The minimum absolute atomic E-state index is 0.406. The van der Waals surface area contributed by atoms with Gasteiger partial charge in [-0.3, -0.25) is 4.68 Å². The summed E-state index contributed by atoms with van der Waals surface area (Å²) in [6, 6.07) is 5.34. The zero-order valence-electron chi connectivity index (χ0n) is 13.1. The summed E-state index contributed by atoms with van der Waals surface area (Å²) in [6.45, 7) is 6.74. The number of rotatable bonds is 4. The lowest BCUT2D eigenvalue weighted by Crippen LogP contribution is -2.53. The van der Waals surface area contributed by atoms with Crippen LogP contribution in [0.4, 0.5) is 5.82 Å². The highest BCUT2D eigenvalue weighted by Crippen LogP contribution is 2.25. The average molecular weight is 291 g/mol. The first kappa shape index (κ1) is 15.8. The van der Waals surface area contributed by atoms with Gasteiger partial charge in [-0.25, -0.2) is 0 Å². The van der Waals surface area contributed by atoms with E-state index in [9.17, 15) is 10.1 Å². The number of hydrogen-bond donors (Lipinski definition) is 3. The summed E-state index contributed by atoms with van der Waals surface area (Å²) in [4.78, 5) is 0. The van der Waals surface area contributed by atoms with Crippen LogP contribution in [0, 0.1) is 0 Å². The van der Waals surface area contributed by atoms with Crippen molar-refractivity contribution >= 4 is 29.3 Å². The van der Waals surface area contributed by atoms with E-state index in [1.807, 2.05) is 13.1 Å². The molecule has 114 valence electrons. The summed E-state index contributed by atoms with van der Waals surface area (Å²) >= 11 is 0. The third kappa shape index (κ3) is 2.90. The Morgan fingerprint density at radius 2 is 1.90 bits per heavy atom. The van der Waals surface area contributed by atoms with Crippen molar-refractivity contribution in [3.63, 3.8) is 0 Å². The summed E-state index contributed by atoms with van der Waals surface area (Å²) in [5.74, 6) is 0.406. The molecule has 0 amide bonds. The predicted molar refractivity (Wildman–Crippen MR) is 84.2 cm³/mol. The molecule has 0 spiro atoms. The number of nitrogen functional groups attached to an aromatic ring is 1. The number of aryl methyl sites for hydroxylation is 1. The molecule has 2 rings (SSSR count). The van der Waals surface area contributed by atoms with Gasteiger partial charge < -0.3 is 20.5 Å². The van der Waals surface area contributed by atoms with Gasteiger partial charge in [-0.05, 0) is 45.3 Å². The van der Waals surface area contributed by atoms with Crippen LogP contribution in [0.25, 0.3) is 10.9 Å². The van der Waals surface area contributed by atoms with E-state index in [1.54, 1.807) is 44.5 Å². The van der Waals surface area contributed by atoms with Crippen LogP contribution >= 0.6 is 0 Å². The molecule has 0 unspecified atom stereocenters. The minimum Gasteiger partial charge on any atom is -0.423 e. The standard InChI is InChI=1S/C14H22BN3O3/c1-13(2,19)14(3,4)21-15(20)9-6-7-11-10(8-9)12(16)17-18(11)5/h6-8,19-20H,1-5H3,(H2,16,17). The second kappa shape index (κ2) is 5.01. The van der Waals surface area contributed by atoms with Crippen molar-refractivity contribution in [1.29, 1.82) is 0 Å². The van der Waals surface area contributed by atoms with Gasteiger partial charge in [-0.15, -0.1) is 0 Å². The molecular weight excluding hydrogens is 269 g/mol. The van der Waals surface area contributed by atoms with Crippen molar-refractivity contribution in [2.24, 2.45) is 7.05 Å². The van der Waals surface area contributed by atoms with Crippen molar-refractivity contribution < 1.29 is 14.8 Å². The van der Waals surface area contributed by atoms with E-state index in [2.05, 4.69) is 5.10 Å². The Morgan fingerprint density at radius 3 is 2.48 bits per heavy atom. The second-order valence-electron chi connectivity index (χ2n) is 6.32. The molecule has 0 aliphatic carbocycles. The first-order valence-corrected chi connectivity index (χ1v) is 6.83. The first-order valence-electron chi connectivity index (χ1n) is 6.83. The number of fused-ring (bicyclic) bond motifs is 1. The van der Waals surface area contributed by atoms with Crippen LogP contribution in [0.1, 0.15) is 27.7 Å². The van der Waals surface area contributed by atoms with Crippen LogP contribution in [0.15, 0.2) is 18.2 Å². The fourth-order valence-electron chi connectivity index (χ4n) is 1.96. The van der Waals surface area contributed by atoms with Crippen molar-refractivity contribution in [2.75, 3.05) is 5.73 Å². The highest BCUT2D eigenvalue weighted by atomic mass is 16.5.